The largest absolute Gasteiger partial charge is 0.395 e. The topological polar surface area (TPSA) is 45.1 Å². The molecular weight excluding hydrogens is 200 g/mol. The molecule has 86 valence electrons. The number of aliphatic hydroxyl groups excluding tert-OH is 1. The molecule has 1 aromatic carbocycles. The van der Waals surface area contributed by atoms with E-state index in [1.54, 1.807) is 0 Å². The van der Waals surface area contributed by atoms with Crippen molar-refractivity contribution in [2.24, 2.45) is 0 Å². The molecule has 0 saturated carbocycles. The normalized spacial score (nSPS) is 9.44. The molecule has 0 unspecified atom stereocenters. The summed E-state index contributed by atoms with van der Waals surface area (Å²) in [6, 6.07) is 11.9. The third kappa shape index (κ3) is 3.21. The lowest BCUT2D eigenvalue weighted by Gasteiger charge is -2.04. The van der Waals surface area contributed by atoms with Crippen LogP contribution >= 0.6 is 0 Å². The summed E-state index contributed by atoms with van der Waals surface area (Å²) in [5.74, 6) is 0.803. The van der Waals surface area contributed by atoms with Crippen LogP contribution in [0, 0.1) is 0 Å². The molecule has 1 heterocycles. The molecule has 3 nitrogen and oxygen atoms in total. The van der Waals surface area contributed by atoms with Crippen LogP contribution in [0.25, 0.3) is 10.9 Å². The van der Waals surface area contributed by atoms with E-state index in [0.29, 0.717) is 6.54 Å². The molecule has 2 aromatic rings. The molecule has 0 spiro atoms. The lowest BCUT2D eigenvalue weighted by Crippen LogP contribution is -2.06. The van der Waals surface area contributed by atoms with E-state index in [0.717, 1.165) is 16.7 Å². The van der Waals surface area contributed by atoms with Crippen molar-refractivity contribution >= 4 is 16.7 Å². The first-order chi connectivity index (χ1) is 7.90. The van der Waals surface area contributed by atoms with Crippen LogP contribution in [-0.2, 0) is 0 Å². The number of fused-ring (bicyclic) bond motifs is 1. The molecule has 0 saturated heterocycles. The summed E-state index contributed by atoms with van der Waals surface area (Å²) < 4.78 is 0. The van der Waals surface area contributed by atoms with Gasteiger partial charge >= 0.3 is 0 Å². The minimum atomic E-state index is 0.120. The Morgan fingerprint density at radius 3 is 2.62 bits per heavy atom. The predicted octanol–water partition coefficient (Wildman–Crippen LogP) is 2.67. The van der Waals surface area contributed by atoms with Crippen LogP contribution in [0.2, 0.25) is 0 Å². The monoisotopic (exact) mass is 218 g/mol. The van der Waals surface area contributed by atoms with Crippen LogP contribution < -0.4 is 5.32 Å². The molecule has 0 bridgehead atoms. The van der Waals surface area contributed by atoms with Crippen molar-refractivity contribution in [3.8, 4) is 0 Å². The SMILES string of the molecule is CC.OCCNc1ccc2ccccc2n1. The Hall–Kier alpha value is -1.61. The zero-order chi connectivity index (χ0) is 11.8. The first kappa shape index (κ1) is 12.5. The molecule has 0 atom stereocenters. The fraction of sp³-hybridized carbons (Fsp3) is 0.308. The number of hydrogen-bond donors (Lipinski definition) is 2. The van der Waals surface area contributed by atoms with Gasteiger partial charge in [0.1, 0.15) is 5.82 Å². The van der Waals surface area contributed by atoms with Gasteiger partial charge in [0, 0.05) is 11.9 Å². The van der Waals surface area contributed by atoms with Gasteiger partial charge in [-0.25, -0.2) is 4.98 Å². The molecular formula is C13H18N2O. The quantitative estimate of drug-likeness (QED) is 0.832. The summed E-state index contributed by atoms with van der Waals surface area (Å²) in [6.45, 7) is 4.65. The Bertz CT molecular complexity index is 429. The summed E-state index contributed by atoms with van der Waals surface area (Å²) in [4.78, 5) is 4.39. The highest BCUT2D eigenvalue weighted by Crippen LogP contribution is 2.13. The Balaban J connectivity index is 0.000000606. The minimum Gasteiger partial charge on any atom is -0.395 e. The van der Waals surface area contributed by atoms with Gasteiger partial charge in [0.15, 0.2) is 0 Å². The highest BCUT2D eigenvalue weighted by atomic mass is 16.3. The maximum atomic E-state index is 8.65. The first-order valence-electron chi connectivity index (χ1n) is 5.61. The molecule has 3 heteroatoms. The fourth-order valence-corrected chi connectivity index (χ4v) is 1.35. The summed E-state index contributed by atoms with van der Waals surface area (Å²) in [5, 5.41) is 12.8. The van der Waals surface area contributed by atoms with Crippen molar-refractivity contribution in [1.29, 1.82) is 0 Å². The third-order valence-electron chi connectivity index (χ3n) is 2.02. The van der Waals surface area contributed by atoms with Crippen molar-refractivity contribution in [3.05, 3.63) is 36.4 Å². The Morgan fingerprint density at radius 2 is 1.88 bits per heavy atom. The van der Waals surface area contributed by atoms with Gasteiger partial charge in [-0.3, -0.25) is 0 Å². The number of anilines is 1. The molecule has 0 radical (unpaired) electrons. The number of para-hydroxylation sites is 1. The van der Waals surface area contributed by atoms with Gasteiger partial charge in [0.05, 0.1) is 12.1 Å². The van der Waals surface area contributed by atoms with Crippen LogP contribution in [0.15, 0.2) is 36.4 Å². The maximum Gasteiger partial charge on any atom is 0.126 e. The lowest BCUT2D eigenvalue weighted by atomic mass is 10.2. The molecule has 2 rings (SSSR count). The second kappa shape index (κ2) is 6.80. The number of hydrogen-bond acceptors (Lipinski definition) is 3. The summed E-state index contributed by atoms with van der Waals surface area (Å²) in [7, 11) is 0. The van der Waals surface area contributed by atoms with Gasteiger partial charge in [0.2, 0.25) is 0 Å². The zero-order valence-electron chi connectivity index (χ0n) is 9.77. The fourth-order valence-electron chi connectivity index (χ4n) is 1.35. The van der Waals surface area contributed by atoms with Crippen molar-refractivity contribution in [2.75, 3.05) is 18.5 Å². The lowest BCUT2D eigenvalue weighted by molar-refractivity contribution is 0.311. The molecule has 2 N–H and O–H groups in total. The van der Waals surface area contributed by atoms with Gasteiger partial charge in [0.25, 0.3) is 0 Å². The van der Waals surface area contributed by atoms with E-state index in [2.05, 4.69) is 10.3 Å². The number of aromatic nitrogens is 1. The highest BCUT2D eigenvalue weighted by molar-refractivity contribution is 5.79. The van der Waals surface area contributed by atoms with Gasteiger partial charge in [-0.05, 0) is 18.2 Å². The molecule has 16 heavy (non-hydrogen) atoms. The van der Waals surface area contributed by atoms with E-state index in [-0.39, 0.29) is 6.61 Å². The Kier molecular flexibility index (Phi) is 5.29. The molecule has 0 amide bonds. The van der Waals surface area contributed by atoms with E-state index in [1.165, 1.54) is 0 Å². The van der Waals surface area contributed by atoms with Crippen molar-refractivity contribution in [1.82, 2.24) is 4.98 Å². The number of nitrogens with one attached hydrogen (secondary N) is 1. The predicted molar refractivity (Wildman–Crippen MR) is 68.7 cm³/mol. The van der Waals surface area contributed by atoms with Crippen LogP contribution in [0.5, 0.6) is 0 Å². The minimum absolute atomic E-state index is 0.120. The van der Waals surface area contributed by atoms with Crippen LogP contribution in [0.1, 0.15) is 13.8 Å². The smallest absolute Gasteiger partial charge is 0.126 e. The Morgan fingerprint density at radius 1 is 1.12 bits per heavy atom. The number of pyridine rings is 1. The molecule has 0 aliphatic rings. The maximum absolute atomic E-state index is 8.65. The van der Waals surface area contributed by atoms with Gasteiger partial charge in [-0.1, -0.05) is 32.0 Å². The van der Waals surface area contributed by atoms with Gasteiger partial charge < -0.3 is 10.4 Å². The van der Waals surface area contributed by atoms with Gasteiger partial charge in [-0.15, -0.1) is 0 Å². The number of rotatable bonds is 3. The average molecular weight is 218 g/mol. The second-order valence-corrected chi connectivity index (χ2v) is 3.04. The van der Waals surface area contributed by atoms with Crippen LogP contribution in [0.4, 0.5) is 5.82 Å². The summed E-state index contributed by atoms with van der Waals surface area (Å²) in [5.41, 5.74) is 0.968. The third-order valence-corrected chi connectivity index (χ3v) is 2.02. The van der Waals surface area contributed by atoms with Crippen LogP contribution in [-0.4, -0.2) is 23.2 Å². The van der Waals surface area contributed by atoms with Gasteiger partial charge in [-0.2, -0.15) is 0 Å². The molecule has 0 fully saturated rings. The molecule has 1 aromatic heterocycles. The summed E-state index contributed by atoms with van der Waals surface area (Å²) >= 11 is 0. The van der Waals surface area contributed by atoms with Crippen molar-refractivity contribution in [2.45, 2.75) is 13.8 Å². The average Bonchev–Trinajstić information content (AvgIpc) is 2.38. The van der Waals surface area contributed by atoms with E-state index in [4.69, 9.17) is 5.11 Å². The van der Waals surface area contributed by atoms with E-state index < -0.39 is 0 Å². The second-order valence-electron chi connectivity index (χ2n) is 3.04. The Labute approximate surface area is 96.1 Å². The van der Waals surface area contributed by atoms with E-state index in [9.17, 15) is 0 Å². The van der Waals surface area contributed by atoms with Crippen LogP contribution in [0.3, 0.4) is 0 Å². The molecule has 0 aliphatic heterocycles. The highest BCUT2D eigenvalue weighted by Gasteiger charge is 1.95. The molecule has 0 aliphatic carbocycles. The zero-order valence-corrected chi connectivity index (χ0v) is 9.77. The first-order valence-corrected chi connectivity index (χ1v) is 5.61. The summed E-state index contributed by atoms with van der Waals surface area (Å²) in [6.07, 6.45) is 0. The number of benzene rings is 1. The number of aliphatic hydroxyl groups is 1. The van der Waals surface area contributed by atoms with Crippen molar-refractivity contribution in [3.63, 3.8) is 0 Å². The van der Waals surface area contributed by atoms with Crippen molar-refractivity contribution < 1.29 is 5.11 Å². The van der Waals surface area contributed by atoms with E-state index in [1.807, 2.05) is 50.2 Å². The van der Waals surface area contributed by atoms with E-state index >= 15 is 0 Å². The number of nitrogens with zero attached hydrogens (tertiary/aromatic N) is 1. The standard InChI is InChI=1S/C11H12N2O.C2H6/c14-8-7-12-11-6-5-9-3-1-2-4-10(9)13-11;1-2/h1-6,14H,7-8H2,(H,12,13);1-2H3.